The van der Waals surface area contributed by atoms with Gasteiger partial charge in [0.2, 0.25) is 5.88 Å². The number of morpholine rings is 1. The molecular weight excluding hydrogens is 388 g/mol. The maximum Gasteiger partial charge on any atom is 0.347 e. The molecule has 9 heteroatoms. The first-order valence-electron chi connectivity index (χ1n) is 9.94. The zero-order chi connectivity index (χ0) is 21.1. The number of hydrogen-bond acceptors (Lipinski definition) is 9. The number of nitrogens with one attached hydrogen (secondary N) is 1. The van der Waals surface area contributed by atoms with Crippen LogP contribution in [-0.4, -0.2) is 59.7 Å². The van der Waals surface area contributed by atoms with Crippen LogP contribution in [0.3, 0.4) is 0 Å². The van der Waals surface area contributed by atoms with Crippen LogP contribution in [0.4, 0.5) is 11.7 Å². The van der Waals surface area contributed by atoms with Crippen LogP contribution in [0.1, 0.15) is 41.9 Å². The van der Waals surface area contributed by atoms with Crippen molar-refractivity contribution in [3.8, 4) is 5.75 Å². The molecular formula is C21H24N4O5. The second-order valence-corrected chi connectivity index (χ2v) is 7.09. The molecule has 2 aliphatic rings. The molecule has 4 rings (SSSR count). The van der Waals surface area contributed by atoms with E-state index < -0.39 is 5.97 Å². The summed E-state index contributed by atoms with van der Waals surface area (Å²) in [5, 5.41) is 12.7. The van der Waals surface area contributed by atoms with Crippen LogP contribution in [-0.2, 0) is 9.47 Å². The van der Waals surface area contributed by atoms with Gasteiger partial charge in [-0.2, -0.15) is 0 Å². The van der Waals surface area contributed by atoms with Crippen LogP contribution in [0.25, 0.3) is 11.6 Å². The van der Waals surface area contributed by atoms with E-state index in [1.807, 2.05) is 24.1 Å². The lowest BCUT2D eigenvalue weighted by Crippen LogP contribution is -2.40. The Balaban J connectivity index is 1.69. The molecule has 158 valence electrons. The minimum absolute atomic E-state index is 0.0324. The predicted molar refractivity (Wildman–Crippen MR) is 112 cm³/mol. The average molecular weight is 412 g/mol. The normalized spacial score (nSPS) is 18.4. The summed E-state index contributed by atoms with van der Waals surface area (Å²) < 4.78 is 16.6. The Labute approximate surface area is 174 Å². The first-order chi connectivity index (χ1) is 14.6. The quantitative estimate of drug-likeness (QED) is 0.696. The van der Waals surface area contributed by atoms with E-state index in [9.17, 15) is 9.90 Å². The van der Waals surface area contributed by atoms with Crippen molar-refractivity contribution in [1.82, 2.24) is 9.99 Å². The van der Waals surface area contributed by atoms with Crippen molar-refractivity contribution < 1.29 is 23.8 Å². The lowest BCUT2D eigenvalue weighted by molar-refractivity contribution is 0.0329. The van der Waals surface area contributed by atoms with Crippen LogP contribution in [0.15, 0.2) is 27.7 Å². The van der Waals surface area contributed by atoms with Crippen molar-refractivity contribution in [1.29, 1.82) is 0 Å². The Morgan fingerprint density at radius 1 is 1.43 bits per heavy atom. The minimum Gasteiger partial charge on any atom is -0.504 e. The molecule has 1 fully saturated rings. The number of allylic oxidation sites excluding steroid dienone is 1. The van der Waals surface area contributed by atoms with Crippen molar-refractivity contribution in [3.05, 3.63) is 35.2 Å². The Kier molecular flexibility index (Phi) is 5.82. The maximum absolute atomic E-state index is 12.8. The smallest absolute Gasteiger partial charge is 0.347 e. The molecule has 0 saturated carbocycles. The molecule has 0 bridgehead atoms. The molecule has 0 amide bonds. The monoisotopic (exact) mass is 412 g/mol. The first kappa shape index (κ1) is 20.1. The van der Waals surface area contributed by atoms with E-state index in [-0.39, 0.29) is 29.1 Å². The fourth-order valence-electron chi connectivity index (χ4n) is 3.13. The van der Waals surface area contributed by atoms with Gasteiger partial charge in [0.25, 0.3) is 0 Å². The van der Waals surface area contributed by atoms with Crippen molar-refractivity contribution in [2.75, 3.05) is 31.7 Å². The maximum atomic E-state index is 12.8. The van der Waals surface area contributed by atoms with E-state index in [1.54, 1.807) is 25.4 Å². The Bertz CT molecular complexity index is 991. The summed E-state index contributed by atoms with van der Waals surface area (Å²) in [5.41, 5.74) is 4.59. The van der Waals surface area contributed by atoms with Gasteiger partial charge in [-0.05, 0) is 31.6 Å². The third kappa shape index (κ3) is 4.07. The molecule has 0 aliphatic carbocycles. The van der Waals surface area contributed by atoms with Gasteiger partial charge in [-0.15, -0.1) is 0 Å². The van der Waals surface area contributed by atoms with E-state index in [0.717, 1.165) is 11.1 Å². The lowest BCUT2D eigenvalue weighted by Gasteiger charge is -2.27. The van der Waals surface area contributed by atoms with E-state index in [2.05, 4.69) is 15.4 Å². The number of carbonyl (C=O) groups excluding carboxylic acids is 1. The Morgan fingerprint density at radius 2 is 2.23 bits per heavy atom. The number of ether oxygens (including phenoxy) is 2. The molecule has 2 aromatic heterocycles. The molecule has 9 nitrogen and oxygen atoms in total. The van der Waals surface area contributed by atoms with Crippen molar-refractivity contribution >= 4 is 35.5 Å². The molecule has 1 saturated heterocycles. The second kappa shape index (κ2) is 8.68. The number of anilines is 1. The van der Waals surface area contributed by atoms with Gasteiger partial charge in [-0.25, -0.2) is 19.8 Å². The number of aliphatic imine (C=N–C) groups is 1. The molecule has 2 N–H and O–H groups in total. The summed E-state index contributed by atoms with van der Waals surface area (Å²) in [4.78, 5) is 21.2. The summed E-state index contributed by atoms with van der Waals surface area (Å²) in [6, 6.07) is 3.69. The highest BCUT2D eigenvalue weighted by Crippen LogP contribution is 2.38. The number of fused-ring (bicyclic) bond motifs is 1. The molecule has 0 spiro atoms. The van der Waals surface area contributed by atoms with E-state index in [0.29, 0.717) is 38.5 Å². The molecule has 30 heavy (non-hydrogen) atoms. The van der Waals surface area contributed by atoms with Crippen LogP contribution in [0.2, 0.25) is 0 Å². The zero-order valence-electron chi connectivity index (χ0n) is 16.9. The summed E-state index contributed by atoms with van der Waals surface area (Å²) in [6.45, 7) is 6.06. The number of hydrazine groups is 1. The summed E-state index contributed by atoms with van der Waals surface area (Å²) in [5.74, 6) is -0.0563. The highest BCUT2D eigenvalue weighted by Gasteiger charge is 2.29. The number of furan rings is 1. The van der Waals surface area contributed by atoms with E-state index in [4.69, 9.17) is 13.9 Å². The van der Waals surface area contributed by atoms with Gasteiger partial charge >= 0.3 is 5.97 Å². The number of hydrogen-bond donors (Lipinski definition) is 2. The summed E-state index contributed by atoms with van der Waals surface area (Å²) in [6.07, 6.45) is 5.32. The van der Waals surface area contributed by atoms with Crippen LogP contribution >= 0.6 is 0 Å². The lowest BCUT2D eigenvalue weighted by atomic mass is 10.1. The van der Waals surface area contributed by atoms with Gasteiger partial charge in [-0.3, -0.25) is 5.43 Å². The molecule has 2 aliphatic heterocycles. The number of esters is 1. The SMILES string of the molecule is CC[C@@H](C)OC(=O)c1c(NN2CCOCC2)oc(C=C2C=Nc3ncccc32)c1O. The van der Waals surface area contributed by atoms with Crippen molar-refractivity contribution in [3.63, 3.8) is 0 Å². The topological polar surface area (TPSA) is 109 Å². The highest BCUT2D eigenvalue weighted by molar-refractivity contribution is 6.21. The predicted octanol–water partition coefficient (Wildman–Crippen LogP) is 3.25. The van der Waals surface area contributed by atoms with Crippen LogP contribution in [0.5, 0.6) is 5.75 Å². The Hall–Kier alpha value is -3.17. The van der Waals surface area contributed by atoms with Gasteiger partial charge in [0, 0.05) is 36.6 Å². The fraction of sp³-hybridized carbons (Fsp3) is 0.381. The highest BCUT2D eigenvalue weighted by atomic mass is 16.5. The van der Waals surface area contributed by atoms with Gasteiger partial charge < -0.3 is 19.0 Å². The van der Waals surface area contributed by atoms with Gasteiger partial charge in [0.15, 0.2) is 22.9 Å². The van der Waals surface area contributed by atoms with E-state index in [1.165, 1.54) is 0 Å². The standard InChI is InChI=1S/C21H24N4O5/c1-3-13(2)29-21(27)17-18(26)16(30-20(17)24-25-7-9-28-10-8-25)11-14-12-23-19-15(14)5-4-6-22-19/h4-6,11-13,24,26H,3,7-10H2,1-2H3/t13-/m1/s1. The first-order valence-corrected chi connectivity index (χ1v) is 9.94. The molecule has 4 heterocycles. The van der Waals surface area contributed by atoms with Crippen molar-refractivity contribution in [2.45, 2.75) is 26.4 Å². The number of carbonyl (C=O) groups is 1. The minimum atomic E-state index is -0.645. The largest absolute Gasteiger partial charge is 0.504 e. The molecule has 0 radical (unpaired) electrons. The third-order valence-corrected chi connectivity index (χ3v) is 4.98. The fourth-order valence-corrected chi connectivity index (χ4v) is 3.13. The Morgan fingerprint density at radius 3 is 3.00 bits per heavy atom. The van der Waals surface area contributed by atoms with Gasteiger partial charge in [0.05, 0.1) is 19.3 Å². The second-order valence-electron chi connectivity index (χ2n) is 7.09. The molecule has 0 unspecified atom stereocenters. The third-order valence-electron chi connectivity index (χ3n) is 4.98. The summed E-state index contributed by atoms with van der Waals surface area (Å²) >= 11 is 0. The number of pyridine rings is 1. The number of rotatable bonds is 6. The van der Waals surface area contributed by atoms with E-state index >= 15 is 0 Å². The van der Waals surface area contributed by atoms with Gasteiger partial charge in [0.1, 0.15) is 0 Å². The number of aromatic hydroxyl groups is 1. The van der Waals surface area contributed by atoms with Crippen molar-refractivity contribution in [2.24, 2.45) is 4.99 Å². The molecule has 1 atom stereocenters. The van der Waals surface area contributed by atoms with Crippen LogP contribution in [0, 0.1) is 0 Å². The molecule has 2 aromatic rings. The number of nitrogens with zero attached hydrogens (tertiary/aromatic N) is 3. The molecule has 0 aromatic carbocycles. The average Bonchev–Trinajstić information content (AvgIpc) is 3.30. The summed E-state index contributed by atoms with van der Waals surface area (Å²) in [7, 11) is 0. The number of aromatic nitrogens is 1. The van der Waals surface area contributed by atoms with Crippen LogP contribution < -0.4 is 5.43 Å². The van der Waals surface area contributed by atoms with Gasteiger partial charge in [-0.1, -0.05) is 6.92 Å². The zero-order valence-corrected chi connectivity index (χ0v) is 16.9.